The van der Waals surface area contributed by atoms with Crippen molar-refractivity contribution in [3.05, 3.63) is 0 Å². The Morgan fingerprint density at radius 3 is 2.28 bits per heavy atom. The fourth-order valence-corrected chi connectivity index (χ4v) is 0.858. The first kappa shape index (κ1) is 16.2. The van der Waals surface area contributed by atoms with Crippen LogP contribution in [0, 0.1) is 0 Å². The monoisotopic (exact) mass is 261 g/mol. The second kappa shape index (κ2) is 6.80. The van der Waals surface area contributed by atoms with E-state index in [4.69, 9.17) is 5.11 Å². The maximum atomic E-state index is 11.3. The van der Waals surface area contributed by atoms with Gasteiger partial charge in [-0.1, -0.05) is 0 Å². The Kier molecular flexibility index (Phi) is 6.11. The van der Waals surface area contributed by atoms with Gasteiger partial charge in [0, 0.05) is 13.6 Å². The summed E-state index contributed by atoms with van der Waals surface area (Å²) in [6.45, 7) is 2.74. The van der Waals surface area contributed by atoms with Gasteiger partial charge >= 0.3 is 12.0 Å². The standard InChI is InChI=1S/C10H19N3O5/c1-4-13(3)7(14)5-11-9(17)12-6-10(2,18)8(15)16/h18H,4-6H2,1-3H3,(H,15,16)(H2,11,12,17). The number of urea groups is 1. The number of aliphatic carboxylic acids is 1. The highest BCUT2D eigenvalue weighted by Crippen LogP contribution is 2.00. The van der Waals surface area contributed by atoms with Crippen LogP contribution in [-0.4, -0.2) is 65.3 Å². The summed E-state index contributed by atoms with van der Waals surface area (Å²) < 4.78 is 0. The van der Waals surface area contributed by atoms with Crippen molar-refractivity contribution in [2.45, 2.75) is 19.4 Å². The third kappa shape index (κ3) is 5.48. The molecule has 8 nitrogen and oxygen atoms in total. The summed E-state index contributed by atoms with van der Waals surface area (Å²) in [5.74, 6) is -1.71. The van der Waals surface area contributed by atoms with Crippen molar-refractivity contribution < 1.29 is 24.6 Å². The molecule has 0 aliphatic rings. The number of carbonyl (C=O) groups is 3. The quantitative estimate of drug-likeness (QED) is 0.469. The number of nitrogens with one attached hydrogen (secondary N) is 2. The van der Waals surface area contributed by atoms with E-state index in [0.29, 0.717) is 6.54 Å². The van der Waals surface area contributed by atoms with Crippen LogP contribution in [0.1, 0.15) is 13.8 Å². The van der Waals surface area contributed by atoms with Gasteiger partial charge in [0.2, 0.25) is 5.91 Å². The third-order valence-electron chi connectivity index (χ3n) is 2.35. The van der Waals surface area contributed by atoms with Gasteiger partial charge in [0.1, 0.15) is 0 Å². The smallest absolute Gasteiger partial charge is 0.337 e. The topological polar surface area (TPSA) is 119 Å². The molecule has 0 aromatic heterocycles. The van der Waals surface area contributed by atoms with Crippen LogP contribution in [0.4, 0.5) is 4.79 Å². The number of aliphatic hydroxyl groups is 1. The molecule has 0 fully saturated rings. The summed E-state index contributed by atoms with van der Waals surface area (Å²) in [6.07, 6.45) is 0. The molecule has 18 heavy (non-hydrogen) atoms. The highest BCUT2D eigenvalue weighted by atomic mass is 16.4. The number of hydrogen-bond donors (Lipinski definition) is 4. The molecule has 0 aromatic rings. The molecule has 0 radical (unpaired) electrons. The molecular formula is C10H19N3O5. The van der Waals surface area contributed by atoms with E-state index in [9.17, 15) is 19.5 Å². The van der Waals surface area contributed by atoms with Crippen molar-refractivity contribution in [1.29, 1.82) is 0 Å². The fraction of sp³-hybridized carbons (Fsp3) is 0.700. The Labute approximate surface area is 105 Å². The molecule has 0 aliphatic carbocycles. The van der Waals surface area contributed by atoms with Crippen LogP contribution in [0.2, 0.25) is 0 Å². The maximum Gasteiger partial charge on any atom is 0.337 e. The second-order valence-corrected chi connectivity index (χ2v) is 4.02. The molecule has 1 atom stereocenters. The predicted molar refractivity (Wildman–Crippen MR) is 63.0 cm³/mol. The number of amides is 3. The van der Waals surface area contributed by atoms with Gasteiger partial charge in [0.05, 0.1) is 13.1 Å². The minimum Gasteiger partial charge on any atom is -0.479 e. The largest absolute Gasteiger partial charge is 0.479 e. The van der Waals surface area contributed by atoms with Crippen LogP contribution in [-0.2, 0) is 9.59 Å². The highest BCUT2D eigenvalue weighted by molar-refractivity contribution is 5.84. The number of carboxylic acid groups (broad SMARTS) is 1. The minimum absolute atomic E-state index is 0.189. The van der Waals surface area contributed by atoms with Gasteiger partial charge in [-0.05, 0) is 13.8 Å². The molecule has 0 bridgehead atoms. The predicted octanol–water partition coefficient (Wildman–Crippen LogP) is -1.40. The van der Waals surface area contributed by atoms with Crippen LogP contribution in [0.25, 0.3) is 0 Å². The molecule has 104 valence electrons. The molecule has 4 N–H and O–H groups in total. The summed E-state index contributed by atoms with van der Waals surface area (Å²) in [7, 11) is 1.59. The zero-order chi connectivity index (χ0) is 14.3. The normalized spacial score (nSPS) is 13.3. The summed E-state index contributed by atoms with van der Waals surface area (Å²) in [5, 5.41) is 22.4. The van der Waals surface area contributed by atoms with E-state index in [2.05, 4.69) is 10.6 Å². The Balaban J connectivity index is 4.00. The molecule has 0 saturated carbocycles. The molecule has 1 unspecified atom stereocenters. The molecule has 0 heterocycles. The van der Waals surface area contributed by atoms with Crippen LogP contribution < -0.4 is 10.6 Å². The molecular weight excluding hydrogens is 242 g/mol. The van der Waals surface area contributed by atoms with Gasteiger partial charge in [0.15, 0.2) is 5.60 Å². The lowest BCUT2D eigenvalue weighted by Gasteiger charge is -2.19. The van der Waals surface area contributed by atoms with Crippen LogP contribution in [0.15, 0.2) is 0 Å². The average molecular weight is 261 g/mol. The zero-order valence-corrected chi connectivity index (χ0v) is 10.7. The average Bonchev–Trinajstić information content (AvgIpc) is 2.32. The van der Waals surface area contributed by atoms with Crippen molar-refractivity contribution in [3.63, 3.8) is 0 Å². The molecule has 0 rings (SSSR count). The number of carboxylic acids is 1. The van der Waals surface area contributed by atoms with Crippen LogP contribution in [0.3, 0.4) is 0 Å². The first-order chi connectivity index (χ1) is 8.20. The first-order valence-corrected chi connectivity index (χ1v) is 5.42. The number of likely N-dealkylation sites (N-methyl/N-ethyl adjacent to an activating group) is 1. The minimum atomic E-state index is -2.04. The molecule has 0 spiro atoms. The van der Waals surface area contributed by atoms with E-state index in [1.807, 2.05) is 0 Å². The third-order valence-corrected chi connectivity index (χ3v) is 2.35. The maximum absolute atomic E-state index is 11.3. The van der Waals surface area contributed by atoms with Crippen LogP contribution in [0.5, 0.6) is 0 Å². The lowest BCUT2D eigenvalue weighted by Crippen LogP contribution is -2.50. The first-order valence-electron chi connectivity index (χ1n) is 5.42. The lowest BCUT2D eigenvalue weighted by molar-refractivity contribution is -0.155. The number of hydrogen-bond acceptors (Lipinski definition) is 4. The van der Waals surface area contributed by atoms with E-state index in [1.165, 1.54) is 4.90 Å². The van der Waals surface area contributed by atoms with Crippen molar-refractivity contribution in [2.75, 3.05) is 26.7 Å². The molecule has 3 amide bonds. The molecule has 0 saturated heterocycles. The number of rotatable bonds is 6. The second-order valence-electron chi connectivity index (χ2n) is 4.02. The Bertz CT molecular complexity index is 329. The van der Waals surface area contributed by atoms with E-state index in [1.54, 1.807) is 14.0 Å². The van der Waals surface area contributed by atoms with Crippen molar-refractivity contribution >= 4 is 17.9 Å². The van der Waals surface area contributed by atoms with Crippen molar-refractivity contribution in [2.24, 2.45) is 0 Å². The Morgan fingerprint density at radius 2 is 1.83 bits per heavy atom. The molecule has 8 heteroatoms. The van der Waals surface area contributed by atoms with Crippen LogP contribution >= 0.6 is 0 Å². The SMILES string of the molecule is CCN(C)C(=O)CNC(=O)NCC(C)(O)C(=O)O. The van der Waals surface area contributed by atoms with Gasteiger partial charge in [-0.25, -0.2) is 9.59 Å². The number of nitrogens with zero attached hydrogens (tertiary/aromatic N) is 1. The van der Waals surface area contributed by atoms with Crippen molar-refractivity contribution in [1.82, 2.24) is 15.5 Å². The van der Waals surface area contributed by atoms with E-state index < -0.39 is 24.1 Å². The highest BCUT2D eigenvalue weighted by Gasteiger charge is 2.30. The summed E-state index contributed by atoms with van der Waals surface area (Å²) >= 11 is 0. The van der Waals surface area contributed by atoms with E-state index in [0.717, 1.165) is 6.92 Å². The van der Waals surface area contributed by atoms with Gasteiger partial charge in [-0.2, -0.15) is 0 Å². The van der Waals surface area contributed by atoms with Gasteiger partial charge in [0.25, 0.3) is 0 Å². The Hall–Kier alpha value is -1.83. The summed E-state index contributed by atoms with van der Waals surface area (Å²) in [5.41, 5.74) is -2.04. The lowest BCUT2D eigenvalue weighted by atomic mass is 10.1. The van der Waals surface area contributed by atoms with Gasteiger partial charge in [-0.3, -0.25) is 4.79 Å². The molecule has 0 aliphatic heterocycles. The van der Waals surface area contributed by atoms with Crippen molar-refractivity contribution in [3.8, 4) is 0 Å². The molecule has 0 aromatic carbocycles. The van der Waals surface area contributed by atoms with Gasteiger partial charge < -0.3 is 25.7 Å². The van der Waals surface area contributed by atoms with E-state index >= 15 is 0 Å². The van der Waals surface area contributed by atoms with E-state index in [-0.39, 0.29) is 12.5 Å². The Morgan fingerprint density at radius 1 is 1.28 bits per heavy atom. The van der Waals surface area contributed by atoms with Gasteiger partial charge in [-0.15, -0.1) is 0 Å². The summed E-state index contributed by atoms with van der Waals surface area (Å²) in [4.78, 5) is 34.5. The summed E-state index contributed by atoms with van der Waals surface area (Å²) in [6, 6.07) is -0.714. The number of carbonyl (C=O) groups excluding carboxylic acids is 2. The fourth-order valence-electron chi connectivity index (χ4n) is 0.858. The zero-order valence-electron chi connectivity index (χ0n) is 10.7.